The lowest BCUT2D eigenvalue weighted by Gasteiger charge is -2.40. The molecular weight excluding hydrogens is 657 g/mol. The second-order valence-electron chi connectivity index (χ2n) is 13.2. The van der Waals surface area contributed by atoms with Gasteiger partial charge in [-0.2, -0.15) is 4.31 Å². The zero-order valence-corrected chi connectivity index (χ0v) is 29.6. The van der Waals surface area contributed by atoms with Crippen LogP contribution in [0.5, 0.6) is 0 Å². The molecule has 0 bridgehead atoms. The number of nitrogens with zero attached hydrogens (tertiary/aromatic N) is 2. The van der Waals surface area contributed by atoms with Crippen LogP contribution in [0.2, 0.25) is 0 Å². The number of aliphatic hydroxyl groups excluding tert-OH is 1. The van der Waals surface area contributed by atoms with Gasteiger partial charge in [0.1, 0.15) is 0 Å². The van der Waals surface area contributed by atoms with Crippen molar-refractivity contribution in [1.82, 2.24) is 14.5 Å². The molecule has 4 rings (SSSR count). The predicted molar refractivity (Wildman–Crippen MR) is 186 cm³/mol. The van der Waals surface area contributed by atoms with Gasteiger partial charge in [0.25, 0.3) is 5.24 Å². The van der Waals surface area contributed by atoms with Crippen molar-refractivity contribution < 1.29 is 37.7 Å². The first-order valence-electron chi connectivity index (χ1n) is 16.5. The number of amides is 2. The number of carbonyl (C=O) groups is 2. The van der Waals surface area contributed by atoms with E-state index in [1.165, 1.54) is 33.1 Å². The van der Waals surface area contributed by atoms with Gasteiger partial charge in [0.05, 0.1) is 36.3 Å². The second-order valence-corrected chi connectivity index (χ2v) is 16.4. The van der Waals surface area contributed by atoms with E-state index < -0.39 is 46.0 Å². The topological polar surface area (TPSA) is 172 Å². The van der Waals surface area contributed by atoms with Gasteiger partial charge in [-0.3, -0.25) is 9.69 Å². The van der Waals surface area contributed by atoms with Crippen molar-refractivity contribution in [3.05, 3.63) is 60.2 Å². The van der Waals surface area contributed by atoms with Crippen LogP contribution in [0.4, 0.5) is 15.3 Å². The molecule has 48 heavy (non-hydrogen) atoms. The number of fused-ring (bicyclic) bond motifs is 1. The molecule has 5 N–H and O–H groups in total. The number of thioether (sulfide) groups is 1. The van der Waals surface area contributed by atoms with E-state index in [0.29, 0.717) is 31.7 Å². The van der Waals surface area contributed by atoms with Crippen LogP contribution >= 0.6 is 11.8 Å². The van der Waals surface area contributed by atoms with Crippen LogP contribution in [0.15, 0.2) is 59.5 Å². The lowest BCUT2D eigenvalue weighted by molar-refractivity contribution is -0.0906. The van der Waals surface area contributed by atoms with E-state index in [2.05, 4.69) is 5.32 Å². The summed E-state index contributed by atoms with van der Waals surface area (Å²) in [6.07, 6.45) is -0.196. The van der Waals surface area contributed by atoms with Crippen molar-refractivity contribution in [3.8, 4) is 0 Å². The summed E-state index contributed by atoms with van der Waals surface area (Å²) in [6, 6.07) is 13.7. The molecule has 14 heteroatoms. The second kappa shape index (κ2) is 17.2. The molecule has 2 saturated heterocycles. The first-order chi connectivity index (χ1) is 22.8. The largest absolute Gasteiger partial charge is 0.465 e. The van der Waals surface area contributed by atoms with Crippen molar-refractivity contribution in [3.63, 3.8) is 0 Å². The molecule has 0 saturated carbocycles. The summed E-state index contributed by atoms with van der Waals surface area (Å²) in [5.41, 5.74) is 6.55. The highest BCUT2D eigenvalue weighted by molar-refractivity contribution is 8.13. The average molecular weight is 707 g/mol. The molecule has 2 aromatic rings. The number of nitrogen functional groups attached to an aromatic ring is 1. The number of carbonyl (C=O) groups excluding carboxylic acids is 1. The van der Waals surface area contributed by atoms with Crippen molar-refractivity contribution >= 4 is 38.8 Å². The molecule has 0 spiro atoms. The first-order valence-corrected chi connectivity index (χ1v) is 19.0. The van der Waals surface area contributed by atoms with Gasteiger partial charge in [0.2, 0.25) is 10.0 Å². The lowest BCUT2D eigenvalue weighted by Crippen LogP contribution is -2.58. The van der Waals surface area contributed by atoms with E-state index in [-0.39, 0.29) is 47.9 Å². The van der Waals surface area contributed by atoms with Crippen LogP contribution < -0.4 is 11.1 Å². The Morgan fingerprint density at radius 2 is 1.88 bits per heavy atom. The minimum atomic E-state index is -4.17. The highest BCUT2D eigenvalue weighted by atomic mass is 32.2. The SMILES string of the molecule is CCSC(=O)NCCCCC(C)(C)CN(C[C@@H](O)[C@H](Cc1ccccc1)N(C(=O)O)[C@H]1CO[C@H]2OCC[C@H]21)S(=O)(=O)c1cccc(N)c1. The Morgan fingerprint density at radius 1 is 1.12 bits per heavy atom. The number of sulfonamides is 1. The Labute approximate surface area is 288 Å². The molecule has 0 aromatic heterocycles. The fraction of sp³-hybridized carbons (Fsp3) is 0.588. The van der Waals surface area contributed by atoms with Crippen LogP contribution in [0.25, 0.3) is 0 Å². The molecule has 5 atom stereocenters. The third-order valence-electron chi connectivity index (χ3n) is 8.99. The van der Waals surface area contributed by atoms with Crippen LogP contribution in [0.1, 0.15) is 52.0 Å². The van der Waals surface area contributed by atoms with Gasteiger partial charge >= 0.3 is 6.09 Å². The Bertz CT molecular complexity index is 1460. The molecule has 266 valence electrons. The van der Waals surface area contributed by atoms with E-state index in [0.717, 1.165) is 18.4 Å². The number of nitrogens with two attached hydrogens (primary N) is 1. The van der Waals surface area contributed by atoms with Crippen molar-refractivity contribution in [2.75, 3.05) is 44.3 Å². The summed E-state index contributed by atoms with van der Waals surface area (Å²) in [7, 11) is -4.17. The van der Waals surface area contributed by atoms with Gasteiger partial charge in [0, 0.05) is 31.2 Å². The first kappa shape index (κ1) is 37.9. The van der Waals surface area contributed by atoms with Crippen molar-refractivity contribution in [2.45, 2.75) is 82.2 Å². The number of anilines is 1. The number of aliphatic hydroxyl groups is 1. The fourth-order valence-electron chi connectivity index (χ4n) is 6.59. The van der Waals surface area contributed by atoms with E-state index in [9.17, 15) is 28.2 Å². The standard InChI is InChI=1S/C34H50N4O8S2/c1-4-47-32(40)36-17-9-8-16-34(2,3)23-37(48(43,44)26-14-10-13-25(35)20-26)21-30(39)28(19-24-11-6-5-7-12-24)38(33(41)42)29-22-46-31-27(29)15-18-45-31/h5-7,10-14,20,27-31,39H,4,8-9,15-19,21-23,35H2,1-3H3,(H,36,40)(H,41,42)/t27-,28-,29-,30+,31+/m0/s1. The van der Waals surface area contributed by atoms with Crippen molar-refractivity contribution in [2.24, 2.45) is 11.3 Å². The summed E-state index contributed by atoms with van der Waals surface area (Å²) in [5.74, 6) is 0.505. The Morgan fingerprint density at radius 3 is 2.56 bits per heavy atom. The van der Waals surface area contributed by atoms with E-state index in [4.69, 9.17) is 15.2 Å². The van der Waals surface area contributed by atoms with Crippen LogP contribution in [-0.2, 0) is 25.9 Å². The van der Waals surface area contributed by atoms with Crippen LogP contribution in [-0.4, -0.2) is 102 Å². The summed E-state index contributed by atoms with van der Waals surface area (Å²) in [5, 5.41) is 25.4. The van der Waals surface area contributed by atoms with Gasteiger partial charge < -0.3 is 30.7 Å². The minimum Gasteiger partial charge on any atom is -0.465 e. The number of nitrogens with one attached hydrogen (secondary N) is 1. The summed E-state index contributed by atoms with van der Waals surface area (Å²) >= 11 is 1.22. The molecule has 0 aliphatic carbocycles. The zero-order valence-electron chi connectivity index (χ0n) is 28.0. The summed E-state index contributed by atoms with van der Waals surface area (Å²) < 4.78 is 41.2. The number of ether oxygens (including phenoxy) is 2. The van der Waals surface area contributed by atoms with E-state index in [1.807, 2.05) is 51.1 Å². The van der Waals surface area contributed by atoms with Crippen LogP contribution in [0.3, 0.4) is 0 Å². The monoisotopic (exact) mass is 706 g/mol. The fourth-order valence-corrected chi connectivity index (χ4v) is 8.76. The third kappa shape index (κ3) is 10.1. The molecule has 0 unspecified atom stereocenters. The molecule has 12 nitrogen and oxygen atoms in total. The quantitative estimate of drug-likeness (QED) is 0.134. The Hall–Kier alpha value is -2.88. The normalized spacial score (nSPS) is 20.7. The maximum atomic E-state index is 14.2. The highest BCUT2D eigenvalue weighted by Crippen LogP contribution is 2.36. The van der Waals surface area contributed by atoms with Gasteiger partial charge in [-0.25, -0.2) is 13.2 Å². The van der Waals surface area contributed by atoms with Gasteiger partial charge in [0.15, 0.2) is 6.29 Å². The maximum absolute atomic E-state index is 14.2. The number of hydrogen-bond acceptors (Lipinski definition) is 9. The predicted octanol–water partition coefficient (Wildman–Crippen LogP) is 4.63. The van der Waals surface area contributed by atoms with Gasteiger partial charge in [-0.1, -0.05) is 75.4 Å². The lowest BCUT2D eigenvalue weighted by atomic mass is 9.87. The smallest absolute Gasteiger partial charge is 0.407 e. The molecule has 2 amide bonds. The van der Waals surface area contributed by atoms with Crippen molar-refractivity contribution in [1.29, 1.82) is 0 Å². The molecule has 2 aliphatic rings. The third-order valence-corrected chi connectivity index (χ3v) is 11.5. The summed E-state index contributed by atoms with van der Waals surface area (Å²) in [6.45, 7) is 6.67. The molecular formula is C34H50N4O8S2. The number of hydrogen-bond donors (Lipinski definition) is 4. The zero-order chi connectivity index (χ0) is 34.9. The average Bonchev–Trinajstić information content (AvgIpc) is 3.66. The molecule has 2 heterocycles. The highest BCUT2D eigenvalue weighted by Gasteiger charge is 2.49. The number of carboxylic acid groups (broad SMARTS) is 1. The minimum absolute atomic E-state index is 0.00789. The molecule has 2 aromatic carbocycles. The van der Waals surface area contributed by atoms with Gasteiger partial charge in [-0.15, -0.1) is 0 Å². The summed E-state index contributed by atoms with van der Waals surface area (Å²) in [4.78, 5) is 26.0. The Kier molecular flexibility index (Phi) is 13.6. The molecule has 2 fully saturated rings. The van der Waals surface area contributed by atoms with Gasteiger partial charge in [-0.05, 0) is 60.6 Å². The van der Waals surface area contributed by atoms with Crippen LogP contribution in [0, 0.1) is 11.3 Å². The molecule has 2 aliphatic heterocycles. The Balaban J connectivity index is 1.61. The van der Waals surface area contributed by atoms with E-state index >= 15 is 0 Å². The number of unbranched alkanes of at least 4 members (excludes halogenated alkanes) is 1. The van der Waals surface area contributed by atoms with E-state index in [1.54, 1.807) is 12.1 Å². The maximum Gasteiger partial charge on any atom is 0.407 e. The number of rotatable bonds is 17. The molecule has 0 radical (unpaired) electrons. The number of benzene rings is 2.